The predicted molar refractivity (Wildman–Crippen MR) is 71.0 cm³/mol. The van der Waals surface area contributed by atoms with Crippen molar-refractivity contribution in [2.45, 2.75) is 6.92 Å². The molecule has 0 saturated heterocycles. The lowest BCUT2D eigenvalue weighted by atomic mass is 10.1. The molecule has 0 aromatic heterocycles. The van der Waals surface area contributed by atoms with Crippen molar-refractivity contribution in [1.29, 1.82) is 0 Å². The van der Waals surface area contributed by atoms with Crippen LogP contribution in [0.5, 0.6) is 0 Å². The smallest absolute Gasteiger partial charge is 0.270 e. The van der Waals surface area contributed by atoms with Gasteiger partial charge in [-0.3, -0.25) is 14.9 Å². The fraction of sp³-hybridized carbons (Fsp3) is 0.417. The van der Waals surface area contributed by atoms with Gasteiger partial charge in [0.15, 0.2) is 0 Å². The highest BCUT2D eigenvalue weighted by molar-refractivity contribution is 5.99. The van der Waals surface area contributed by atoms with Crippen molar-refractivity contribution in [1.82, 2.24) is 4.90 Å². The Bertz CT molecular complexity index is 476. The number of likely N-dealkylation sites (N-methyl/N-ethyl adjacent to an activating group) is 1. The number of anilines is 1. The van der Waals surface area contributed by atoms with Crippen molar-refractivity contribution < 1.29 is 14.5 Å². The summed E-state index contributed by atoms with van der Waals surface area (Å²) in [6, 6.07) is 3.85. The normalized spacial score (nSPS) is 10.2. The second kappa shape index (κ2) is 6.69. The largest absolute Gasteiger partial charge is 0.398 e. The Balaban J connectivity index is 3.02. The van der Waals surface area contributed by atoms with Gasteiger partial charge in [-0.25, -0.2) is 0 Å². The summed E-state index contributed by atoms with van der Waals surface area (Å²) in [5.74, 6) is -0.333. The second-order valence-corrected chi connectivity index (χ2v) is 3.91. The van der Waals surface area contributed by atoms with E-state index in [1.807, 2.05) is 6.92 Å². The number of ether oxygens (including phenoxy) is 1. The molecule has 0 aliphatic rings. The van der Waals surface area contributed by atoms with Gasteiger partial charge in [-0.2, -0.15) is 0 Å². The number of nitrogen functional groups attached to an aromatic ring is 1. The van der Waals surface area contributed by atoms with Crippen molar-refractivity contribution in [3.05, 3.63) is 33.9 Å². The molecule has 0 spiro atoms. The second-order valence-electron chi connectivity index (χ2n) is 3.91. The third-order valence-corrected chi connectivity index (χ3v) is 2.71. The average molecular weight is 267 g/mol. The lowest BCUT2D eigenvalue weighted by Gasteiger charge is -2.21. The van der Waals surface area contributed by atoms with Gasteiger partial charge in [0.1, 0.15) is 0 Å². The van der Waals surface area contributed by atoms with Crippen molar-refractivity contribution in [2.75, 3.05) is 32.5 Å². The molecule has 0 saturated carbocycles. The highest BCUT2D eigenvalue weighted by Gasteiger charge is 2.19. The van der Waals surface area contributed by atoms with Gasteiger partial charge in [0.25, 0.3) is 11.6 Å². The molecule has 0 unspecified atom stereocenters. The first-order valence-corrected chi connectivity index (χ1v) is 5.83. The van der Waals surface area contributed by atoms with Crippen LogP contribution in [0.15, 0.2) is 18.2 Å². The van der Waals surface area contributed by atoms with E-state index in [0.29, 0.717) is 19.7 Å². The van der Waals surface area contributed by atoms with Crippen molar-refractivity contribution >= 4 is 17.3 Å². The molecule has 1 rings (SSSR count). The lowest BCUT2D eigenvalue weighted by molar-refractivity contribution is -0.384. The summed E-state index contributed by atoms with van der Waals surface area (Å²) in [6.45, 7) is 3.10. The molecule has 104 valence electrons. The Morgan fingerprint density at radius 1 is 1.53 bits per heavy atom. The molecule has 0 aliphatic carbocycles. The summed E-state index contributed by atoms with van der Waals surface area (Å²) >= 11 is 0. The number of non-ortho nitro benzene ring substituents is 1. The van der Waals surface area contributed by atoms with E-state index in [9.17, 15) is 14.9 Å². The third-order valence-electron chi connectivity index (χ3n) is 2.71. The summed E-state index contributed by atoms with van der Waals surface area (Å²) in [5.41, 5.74) is 5.93. The van der Waals surface area contributed by atoms with Gasteiger partial charge in [0.05, 0.1) is 17.1 Å². The van der Waals surface area contributed by atoms with Gasteiger partial charge in [-0.15, -0.1) is 0 Å². The van der Waals surface area contributed by atoms with Gasteiger partial charge >= 0.3 is 0 Å². The molecule has 1 amide bonds. The highest BCUT2D eigenvalue weighted by atomic mass is 16.6. The molecule has 1 aromatic rings. The summed E-state index contributed by atoms with van der Waals surface area (Å²) in [5, 5.41) is 10.7. The summed E-state index contributed by atoms with van der Waals surface area (Å²) < 4.78 is 4.92. The minimum absolute atomic E-state index is 0.146. The topological polar surface area (TPSA) is 98.7 Å². The van der Waals surface area contributed by atoms with E-state index in [4.69, 9.17) is 10.5 Å². The Labute approximate surface area is 111 Å². The van der Waals surface area contributed by atoms with E-state index in [-0.39, 0.29) is 22.8 Å². The molecule has 0 fully saturated rings. The molecule has 7 heteroatoms. The number of amides is 1. The molecule has 0 bridgehead atoms. The Morgan fingerprint density at radius 2 is 2.21 bits per heavy atom. The SMILES string of the molecule is CCN(CCOC)C(=O)c1cc([N+](=O)[O-])ccc1N. The number of carbonyl (C=O) groups excluding carboxylic acids is 1. The quantitative estimate of drug-likeness (QED) is 0.475. The average Bonchev–Trinajstić information content (AvgIpc) is 2.39. The first-order valence-electron chi connectivity index (χ1n) is 5.83. The number of nitro groups is 1. The number of benzene rings is 1. The predicted octanol–water partition coefficient (Wildman–Crippen LogP) is 1.29. The Morgan fingerprint density at radius 3 is 2.74 bits per heavy atom. The zero-order valence-corrected chi connectivity index (χ0v) is 11.0. The van der Waals surface area contributed by atoms with Crippen LogP contribution in [0, 0.1) is 10.1 Å². The standard InChI is InChI=1S/C12H17N3O4/c1-3-14(6-7-19-2)12(16)10-8-9(15(17)18)4-5-11(10)13/h4-5,8H,3,6-7,13H2,1-2H3. The first-order chi connectivity index (χ1) is 9.01. The molecule has 19 heavy (non-hydrogen) atoms. The van der Waals surface area contributed by atoms with Gasteiger partial charge in [-0.05, 0) is 13.0 Å². The van der Waals surface area contributed by atoms with Crippen LogP contribution >= 0.6 is 0 Å². The minimum Gasteiger partial charge on any atom is -0.398 e. The maximum atomic E-state index is 12.2. The number of methoxy groups -OCH3 is 1. The molecule has 0 aliphatic heterocycles. The number of rotatable bonds is 6. The number of nitro benzene ring substituents is 1. The maximum Gasteiger partial charge on any atom is 0.270 e. The van der Waals surface area contributed by atoms with E-state index in [1.54, 1.807) is 7.11 Å². The van der Waals surface area contributed by atoms with Gasteiger partial charge in [0.2, 0.25) is 0 Å². The van der Waals surface area contributed by atoms with E-state index in [0.717, 1.165) is 0 Å². The van der Waals surface area contributed by atoms with Crippen molar-refractivity contribution in [3.8, 4) is 0 Å². The van der Waals surface area contributed by atoms with Crippen LogP contribution in [0.4, 0.5) is 11.4 Å². The molecule has 7 nitrogen and oxygen atoms in total. The fourth-order valence-electron chi connectivity index (χ4n) is 1.62. The molecule has 1 aromatic carbocycles. The van der Waals surface area contributed by atoms with Crippen LogP contribution in [-0.2, 0) is 4.74 Å². The monoisotopic (exact) mass is 267 g/mol. The summed E-state index contributed by atoms with van der Waals surface area (Å²) in [6.07, 6.45) is 0. The number of carbonyl (C=O) groups is 1. The van der Waals surface area contributed by atoms with E-state index >= 15 is 0 Å². The molecule has 0 radical (unpaired) electrons. The van der Waals surface area contributed by atoms with Crippen LogP contribution in [0.3, 0.4) is 0 Å². The summed E-state index contributed by atoms with van der Waals surface area (Å²) in [4.78, 5) is 23.9. The molecular weight excluding hydrogens is 250 g/mol. The number of nitrogens with two attached hydrogens (primary N) is 1. The Kier molecular flexibility index (Phi) is 5.25. The maximum absolute atomic E-state index is 12.2. The van der Waals surface area contributed by atoms with E-state index in [2.05, 4.69) is 0 Å². The number of nitrogens with zero attached hydrogens (tertiary/aromatic N) is 2. The molecule has 0 atom stereocenters. The molecule has 2 N–H and O–H groups in total. The van der Waals surface area contributed by atoms with Crippen LogP contribution in [0.2, 0.25) is 0 Å². The fourth-order valence-corrected chi connectivity index (χ4v) is 1.62. The van der Waals surface area contributed by atoms with Crippen molar-refractivity contribution in [2.24, 2.45) is 0 Å². The number of hydrogen-bond donors (Lipinski definition) is 1. The van der Waals surface area contributed by atoms with Gasteiger partial charge in [0, 0.05) is 38.0 Å². The number of hydrogen-bond acceptors (Lipinski definition) is 5. The van der Waals surface area contributed by atoms with Crippen LogP contribution < -0.4 is 5.73 Å². The van der Waals surface area contributed by atoms with Crippen LogP contribution in [0.1, 0.15) is 17.3 Å². The van der Waals surface area contributed by atoms with E-state index in [1.165, 1.54) is 23.1 Å². The van der Waals surface area contributed by atoms with Gasteiger partial charge < -0.3 is 15.4 Å². The van der Waals surface area contributed by atoms with Crippen LogP contribution in [0.25, 0.3) is 0 Å². The van der Waals surface area contributed by atoms with Gasteiger partial charge in [-0.1, -0.05) is 0 Å². The zero-order chi connectivity index (χ0) is 14.4. The molecular formula is C12H17N3O4. The van der Waals surface area contributed by atoms with E-state index < -0.39 is 4.92 Å². The summed E-state index contributed by atoms with van der Waals surface area (Å²) in [7, 11) is 1.54. The highest BCUT2D eigenvalue weighted by Crippen LogP contribution is 2.21. The minimum atomic E-state index is -0.554. The van der Waals surface area contributed by atoms with Crippen molar-refractivity contribution in [3.63, 3.8) is 0 Å². The lowest BCUT2D eigenvalue weighted by Crippen LogP contribution is -2.34. The Hall–Kier alpha value is -2.15. The zero-order valence-electron chi connectivity index (χ0n) is 11.0. The van der Waals surface area contributed by atoms with Crippen LogP contribution in [-0.4, -0.2) is 42.5 Å². The third kappa shape index (κ3) is 3.65. The molecule has 0 heterocycles. The first kappa shape index (κ1) is 14.9.